The third kappa shape index (κ3) is 2.79. The summed E-state index contributed by atoms with van der Waals surface area (Å²) in [6.07, 6.45) is 3.52. The molecule has 3 heteroatoms. The standard InChI is InChI=1S/C11H13NS2/c1-9-4-2-5-10(12-9)8-11-13-6-3-7-14-11/h2,4-5,8H,3,6-7H2,1H3. The maximum atomic E-state index is 4.46. The van der Waals surface area contributed by atoms with Gasteiger partial charge < -0.3 is 0 Å². The molecule has 2 rings (SSSR count). The summed E-state index contributed by atoms with van der Waals surface area (Å²) in [4.78, 5) is 4.46. The molecule has 0 atom stereocenters. The first kappa shape index (κ1) is 10.1. The lowest BCUT2D eigenvalue weighted by Gasteiger charge is -2.11. The molecule has 1 aromatic rings. The largest absolute Gasteiger partial charge is 0.254 e. The van der Waals surface area contributed by atoms with E-state index in [4.69, 9.17) is 0 Å². The van der Waals surface area contributed by atoms with Gasteiger partial charge in [0, 0.05) is 9.93 Å². The lowest BCUT2D eigenvalue weighted by molar-refractivity contribution is 1.12. The van der Waals surface area contributed by atoms with E-state index in [1.54, 1.807) is 0 Å². The average molecular weight is 223 g/mol. The van der Waals surface area contributed by atoms with Crippen LogP contribution in [0.1, 0.15) is 17.8 Å². The van der Waals surface area contributed by atoms with Gasteiger partial charge in [-0.1, -0.05) is 6.07 Å². The van der Waals surface area contributed by atoms with E-state index >= 15 is 0 Å². The highest BCUT2D eigenvalue weighted by Crippen LogP contribution is 2.35. The molecule has 0 saturated carbocycles. The van der Waals surface area contributed by atoms with Crippen molar-refractivity contribution in [3.05, 3.63) is 33.8 Å². The number of pyridine rings is 1. The number of aryl methyl sites for hydroxylation is 1. The minimum absolute atomic E-state index is 1.09. The fourth-order valence-electron chi connectivity index (χ4n) is 1.29. The normalized spacial score (nSPS) is 16.8. The van der Waals surface area contributed by atoms with Crippen molar-refractivity contribution in [1.29, 1.82) is 0 Å². The van der Waals surface area contributed by atoms with Gasteiger partial charge in [-0.25, -0.2) is 0 Å². The Hall–Kier alpha value is -0.410. The number of nitrogens with zero attached hydrogens (tertiary/aromatic N) is 1. The molecule has 0 aromatic carbocycles. The molecular formula is C11H13NS2. The first-order valence-electron chi connectivity index (χ1n) is 4.75. The van der Waals surface area contributed by atoms with Gasteiger partial charge in [0.15, 0.2) is 0 Å². The molecular weight excluding hydrogens is 210 g/mol. The van der Waals surface area contributed by atoms with E-state index in [2.05, 4.69) is 23.2 Å². The van der Waals surface area contributed by atoms with Gasteiger partial charge in [0.25, 0.3) is 0 Å². The fraction of sp³-hybridized carbons (Fsp3) is 0.364. The second-order valence-corrected chi connectivity index (χ2v) is 5.75. The molecule has 0 unspecified atom stereocenters. The van der Waals surface area contributed by atoms with Gasteiger partial charge in [-0.05, 0) is 43.1 Å². The molecule has 1 aliphatic heterocycles. The van der Waals surface area contributed by atoms with Crippen molar-refractivity contribution in [2.45, 2.75) is 13.3 Å². The number of thioether (sulfide) groups is 2. The van der Waals surface area contributed by atoms with Crippen molar-refractivity contribution < 1.29 is 0 Å². The van der Waals surface area contributed by atoms with Crippen molar-refractivity contribution in [2.75, 3.05) is 11.5 Å². The summed E-state index contributed by atoms with van der Waals surface area (Å²) >= 11 is 3.90. The zero-order valence-corrected chi connectivity index (χ0v) is 9.83. The van der Waals surface area contributed by atoms with Crippen LogP contribution in [0.15, 0.2) is 22.4 Å². The second kappa shape index (κ2) is 4.89. The van der Waals surface area contributed by atoms with E-state index < -0.39 is 0 Å². The molecule has 1 saturated heterocycles. The van der Waals surface area contributed by atoms with E-state index in [1.807, 2.05) is 36.5 Å². The number of rotatable bonds is 1. The molecule has 0 amide bonds. The zero-order chi connectivity index (χ0) is 9.80. The van der Waals surface area contributed by atoms with Crippen LogP contribution >= 0.6 is 23.5 Å². The Morgan fingerprint density at radius 2 is 2.07 bits per heavy atom. The Balaban J connectivity index is 2.15. The third-order valence-corrected chi connectivity index (χ3v) is 4.45. The smallest absolute Gasteiger partial charge is 0.0649 e. The van der Waals surface area contributed by atoms with E-state index in [0.717, 1.165) is 11.4 Å². The van der Waals surface area contributed by atoms with Crippen LogP contribution in [0, 0.1) is 6.92 Å². The molecule has 0 aliphatic carbocycles. The van der Waals surface area contributed by atoms with Crippen LogP contribution in [0.2, 0.25) is 0 Å². The molecule has 1 aliphatic rings. The summed E-state index contributed by atoms with van der Waals surface area (Å²) < 4.78 is 1.41. The van der Waals surface area contributed by atoms with Gasteiger partial charge in [-0.15, -0.1) is 23.5 Å². The third-order valence-electron chi connectivity index (χ3n) is 1.95. The van der Waals surface area contributed by atoms with Gasteiger partial charge in [0.2, 0.25) is 0 Å². The van der Waals surface area contributed by atoms with Crippen LogP contribution in [-0.4, -0.2) is 16.5 Å². The van der Waals surface area contributed by atoms with Crippen molar-refractivity contribution in [3.63, 3.8) is 0 Å². The summed E-state index contributed by atoms with van der Waals surface area (Å²) in [5.74, 6) is 2.51. The quantitative estimate of drug-likeness (QED) is 0.722. The number of aromatic nitrogens is 1. The number of hydrogen-bond donors (Lipinski definition) is 0. The average Bonchev–Trinajstić information content (AvgIpc) is 2.19. The Bertz CT molecular complexity index is 339. The minimum atomic E-state index is 1.09. The van der Waals surface area contributed by atoms with Crippen LogP contribution in [0.25, 0.3) is 6.08 Å². The summed E-state index contributed by atoms with van der Waals surface area (Å²) in [5, 5.41) is 0. The molecule has 0 bridgehead atoms. The lowest BCUT2D eigenvalue weighted by atomic mass is 10.3. The molecule has 1 nitrogen and oxygen atoms in total. The van der Waals surface area contributed by atoms with Gasteiger partial charge >= 0.3 is 0 Å². The summed E-state index contributed by atoms with van der Waals surface area (Å²) in [6, 6.07) is 6.16. The Morgan fingerprint density at radius 1 is 1.29 bits per heavy atom. The van der Waals surface area contributed by atoms with E-state index in [9.17, 15) is 0 Å². The van der Waals surface area contributed by atoms with Crippen LogP contribution in [-0.2, 0) is 0 Å². The first-order chi connectivity index (χ1) is 6.84. The van der Waals surface area contributed by atoms with Gasteiger partial charge in [0.05, 0.1) is 5.69 Å². The fourth-order valence-corrected chi connectivity index (χ4v) is 3.70. The van der Waals surface area contributed by atoms with E-state index in [-0.39, 0.29) is 0 Å². The summed E-state index contributed by atoms with van der Waals surface area (Å²) in [6.45, 7) is 2.03. The molecule has 2 heterocycles. The first-order valence-corrected chi connectivity index (χ1v) is 6.73. The monoisotopic (exact) mass is 223 g/mol. The van der Waals surface area contributed by atoms with Gasteiger partial charge in [-0.3, -0.25) is 4.98 Å². The highest BCUT2D eigenvalue weighted by atomic mass is 32.2. The maximum Gasteiger partial charge on any atom is 0.0649 e. The van der Waals surface area contributed by atoms with Crippen LogP contribution in [0.3, 0.4) is 0 Å². The van der Waals surface area contributed by atoms with Gasteiger partial charge in [-0.2, -0.15) is 0 Å². The highest BCUT2D eigenvalue weighted by Gasteiger charge is 2.06. The molecule has 14 heavy (non-hydrogen) atoms. The van der Waals surface area contributed by atoms with Crippen molar-refractivity contribution in [3.8, 4) is 0 Å². The van der Waals surface area contributed by atoms with Crippen LogP contribution < -0.4 is 0 Å². The van der Waals surface area contributed by atoms with Crippen LogP contribution in [0.5, 0.6) is 0 Å². The Kier molecular flexibility index (Phi) is 3.54. The molecule has 0 N–H and O–H groups in total. The Morgan fingerprint density at radius 3 is 2.79 bits per heavy atom. The van der Waals surface area contributed by atoms with Crippen molar-refractivity contribution in [2.24, 2.45) is 0 Å². The predicted molar refractivity (Wildman–Crippen MR) is 66.5 cm³/mol. The second-order valence-electron chi connectivity index (χ2n) is 3.22. The molecule has 1 aromatic heterocycles. The summed E-state index contributed by atoms with van der Waals surface area (Å²) in [7, 11) is 0. The maximum absolute atomic E-state index is 4.46. The van der Waals surface area contributed by atoms with Crippen LogP contribution in [0.4, 0.5) is 0 Å². The molecule has 74 valence electrons. The molecule has 0 radical (unpaired) electrons. The number of hydrogen-bond acceptors (Lipinski definition) is 3. The molecule has 0 spiro atoms. The van der Waals surface area contributed by atoms with Gasteiger partial charge in [0.1, 0.15) is 0 Å². The minimum Gasteiger partial charge on any atom is -0.254 e. The Labute approximate surface area is 93.4 Å². The lowest BCUT2D eigenvalue weighted by Crippen LogP contribution is -1.92. The van der Waals surface area contributed by atoms with E-state index in [1.165, 1.54) is 22.2 Å². The van der Waals surface area contributed by atoms with Crippen molar-refractivity contribution >= 4 is 29.6 Å². The van der Waals surface area contributed by atoms with E-state index in [0.29, 0.717) is 0 Å². The summed E-state index contributed by atoms with van der Waals surface area (Å²) in [5.41, 5.74) is 2.17. The molecule has 1 fully saturated rings. The zero-order valence-electron chi connectivity index (χ0n) is 8.19. The van der Waals surface area contributed by atoms with Crippen molar-refractivity contribution in [1.82, 2.24) is 4.98 Å². The highest BCUT2D eigenvalue weighted by molar-refractivity contribution is 8.23. The predicted octanol–water partition coefficient (Wildman–Crippen LogP) is 3.56. The SMILES string of the molecule is Cc1cccc(C=C2SCCCS2)n1. The topological polar surface area (TPSA) is 12.9 Å².